The molecular formula is C23H20N6O4S. The van der Waals surface area contributed by atoms with Crippen LogP contribution in [0.4, 0.5) is 17.5 Å². The fourth-order valence-corrected chi connectivity index (χ4v) is 4.94. The van der Waals surface area contributed by atoms with E-state index in [1.807, 2.05) is 30.3 Å². The topological polar surface area (TPSA) is 143 Å². The number of nitrogens with one attached hydrogen (secondary N) is 2. The van der Waals surface area contributed by atoms with E-state index in [1.54, 1.807) is 30.4 Å². The molecule has 0 bridgehead atoms. The molecule has 0 spiro atoms. The van der Waals surface area contributed by atoms with Gasteiger partial charge in [-0.3, -0.25) is 0 Å². The van der Waals surface area contributed by atoms with E-state index in [2.05, 4.69) is 30.7 Å². The van der Waals surface area contributed by atoms with Gasteiger partial charge in [-0.05, 0) is 29.3 Å². The highest BCUT2D eigenvalue weighted by atomic mass is 32.2. The lowest BCUT2D eigenvalue weighted by Crippen LogP contribution is -2.17. The van der Waals surface area contributed by atoms with E-state index in [9.17, 15) is 13.5 Å². The number of sulfone groups is 1. The van der Waals surface area contributed by atoms with Crippen molar-refractivity contribution in [2.75, 3.05) is 23.0 Å². The first kappa shape index (κ1) is 21.7. The quantitative estimate of drug-likeness (QED) is 0.364. The van der Waals surface area contributed by atoms with E-state index in [-0.39, 0.29) is 24.2 Å². The summed E-state index contributed by atoms with van der Waals surface area (Å²) in [6.07, 6.45) is 6.21. The van der Waals surface area contributed by atoms with Gasteiger partial charge in [0.15, 0.2) is 16.2 Å². The summed E-state index contributed by atoms with van der Waals surface area (Å²) in [5.74, 6) is 0.862. The van der Waals surface area contributed by atoms with E-state index < -0.39 is 15.9 Å². The Morgan fingerprint density at radius 1 is 1.12 bits per heavy atom. The summed E-state index contributed by atoms with van der Waals surface area (Å²) in [5, 5.41) is 20.0. The van der Waals surface area contributed by atoms with Gasteiger partial charge in [-0.15, -0.1) is 0 Å². The van der Waals surface area contributed by atoms with Crippen LogP contribution >= 0.6 is 0 Å². The summed E-state index contributed by atoms with van der Waals surface area (Å²) in [6, 6.07) is 14.0. The van der Waals surface area contributed by atoms with Crippen molar-refractivity contribution in [1.29, 1.82) is 0 Å². The van der Waals surface area contributed by atoms with Crippen LogP contribution in [0.1, 0.15) is 17.2 Å². The number of hydrogen-bond donors (Lipinski definition) is 3. The Hall–Kier alpha value is -4.09. The van der Waals surface area contributed by atoms with Gasteiger partial charge in [-0.1, -0.05) is 47.6 Å². The zero-order chi connectivity index (χ0) is 23.5. The maximum Gasteiger partial charge on any atom is 0.262 e. The molecule has 1 atom stereocenters. The molecule has 0 unspecified atom stereocenters. The van der Waals surface area contributed by atoms with Gasteiger partial charge < -0.3 is 20.3 Å². The van der Waals surface area contributed by atoms with E-state index in [4.69, 9.17) is 4.52 Å². The van der Waals surface area contributed by atoms with Crippen molar-refractivity contribution in [1.82, 2.24) is 20.1 Å². The third-order valence-corrected chi connectivity index (χ3v) is 6.96. The van der Waals surface area contributed by atoms with E-state index in [0.717, 1.165) is 5.56 Å². The Kier molecular flexibility index (Phi) is 5.78. The maximum atomic E-state index is 12.2. The minimum absolute atomic E-state index is 0.00448. The minimum Gasteiger partial charge on any atom is -0.394 e. The number of anilines is 3. The van der Waals surface area contributed by atoms with Crippen molar-refractivity contribution < 1.29 is 18.0 Å². The molecule has 0 saturated heterocycles. The molecule has 0 amide bonds. The standard InChI is InChI=1S/C23H20N6O4S/c30-13-19(15-5-2-1-3-6-15)28-21-18(22-25-14-26-33-22)12-24-23(29-21)27-17-8-9-20-16(11-17)7-4-10-34(20,31)32/h1-9,11-12,14,19,30H,10,13H2,(H2,24,27,28,29)/t19-/m1/s1. The van der Waals surface area contributed by atoms with Gasteiger partial charge in [0.05, 0.1) is 23.3 Å². The minimum atomic E-state index is -3.31. The highest BCUT2D eigenvalue weighted by Crippen LogP contribution is 2.30. The summed E-state index contributed by atoms with van der Waals surface area (Å²) < 4.78 is 29.7. The monoisotopic (exact) mass is 476 g/mol. The third-order valence-electron chi connectivity index (χ3n) is 5.29. The van der Waals surface area contributed by atoms with Gasteiger partial charge in [0.1, 0.15) is 11.4 Å². The van der Waals surface area contributed by atoms with Crippen molar-refractivity contribution in [2.45, 2.75) is 10.9 Å². The van der Waals surface area contributed by atoms with Gasteiger partial charge in [-0.2, -0.15) is 9.97 Å². The Bertz CT molecular complexity index is 1440. The molecule has 0 aliphatic carbocycles. The van der Waals surface area contributed by atoms with Crippen LogP contribution in [0.15, 0.2) is 76.5 Å². The zero-order valence-corrected chi connectivity index (χ0v) is 18.6. The number of nitrogens with zero attached hydrogens (tertiary/aromatic N) is 4. The summed E-state index contributed by atoms with van der Waals surface area (Å²) in [7, 11) is -3.31. The molecule has 0 fully saturated rings. The molecule has 3 heterocycles. The second kappa shape index (κ2) is 9.04. The Balaban J connectivity index is 1.48. The second-order valence-corrected chi connectivity index (χ2v) is 9.56. The molecule has 11 heteroatoms. The van der Waals surface area contributed by atoms with Crippen LogP contribution in [-0.2, 0) is 9.84 Å². The molecular weight excluding hydrogens is 456 g/mol. The van der Waals surface area contributed by atoms with Gasteiger partial charge in [-0.25, -0.2) is 13.4 Å². The molecule has 2 aromatic heterocycles. The fourth-order valence-electron chi connectivity index (χ4n) is 3.65. The van der Waals surface area contributed by atoms with Crippen LogP contribution in [-0.4, -0.2) is 46.0 Å². The lowest BCUT2D eigenvalue weighted by atomic mass is 10.1. The average molecular weight is 477 g/mol. The lowest BCUT2D eigenvalue weighted by Gasteiger charge is -2.19. The molecule has 34 heavy (non-hydrogen) atoms. The molecule has 4 aromatic rings. The molecule has 3 N–H and O–H groups in total. The number of benzene rings is 2. The largest absolute Gasteiger partial charge is 0.394 e. The number of aromatic nitrogens is 4. The zero-order valence-electron chi connectivity index (χ0n) is 17.8. The smallest absolute Gasteiger partial charge is 0.262 e. The van der Waals surface area contributed by atoms with E-state index >= 15 is 0 Å². The Morgan fingerprint density at radius 3 is 2.74 bits per heavy atom. The van der Waals surface area contributed by atoms with Crippen LogP contribution in [0.3, 0.4) is 0 Å². The normalized spacial score (nSPS) is 14.9. The van der Waals surface area contributed by atoms with Crippen LogP contribution in [0, 0.1) is 0 Å². The molecule has 172 valence electrons. The number of fused-ring (bicyclic) bond motifs is 1. The second-order valence-electron chi connectivity index (χ2n) is 7.55. The number of hydrogen-bond acceptors (Lipinski definition) is 10. The predicted molar refractivity (Wildman–Crippen MR) is 126 cm³/mol. The maximum absolute atomic E-state index is 12.2. The van der Waals surface area contributed by atoms with Gasteiger partial charge in [0.25, 0.3) is 5.89 Å². The van der Waals surface area contributed by atoms with Crippen LogP contribution in [0.2, 0.25) is 0 Å². The molecule has 1 aliphatic heterocycles. The van der Waals surface area contributed by atoms with E-state index in [0.29, 0.717) is 27.5 Å². The van der Waals surface area contributed by atoms with Crippen molar-refractivity contribution in [3.8, 4) is 11.5 Å². The highest BCUT2D eigenvalue weighted by molar-refractivity contribution is 7.91. The molecule has 0 saturated carbocycles. The number of rotatable bonds is 7. The molecule has 2 aromatic carbocycles. The lowest BCUT2D eigenvalue weighted by molar-refractivity contribution is 0.276. The summed E-state index contributed by atoms with van der Waals surface area (Å²) >= 11 is 0. The Morgan fingerprint density at radius 2 is 1.97 bits per heavy atom. The van der Waals surface area contributed by atoms with Gasteiger partial charge in [0, 0.05) is 11.9 Å². The molecule has 0 radical (unpaired) electrons. The van der Waals surface area contributed by atoms with Crippen molar-refractivity contribution in [3.63, 3.8) is 0 Å². The van der Waals surface area contributed by atoms with Crippen LogP contribution < -0.4 is 10.6 Å². The molecule has 1 aliphatic rings. The summed E-state index contributed by atoms with van der Waals surface area (Å²) in [4.78, 5) is 13.3. The van der Waals surface area contributed by atoms with Gasteiger partial charge in [0.2, 0.25) is 5.95 Å². The predicted octanol–water partition coefficient (Wildman–Crippen LogP) is 3.22. The SMILES string of the molecule is O=S1(=O)CC=Cc2cc(Nc3ncc(-c4ncno4)c(N[C@H](CO)c4ccccc4)n3)ccc21. The van der Waals surface area contributed by atoms with Crippen molar-refractivity contribution in [3.05, 3.63) is 78.3 Å². The first-order valence-electron chi connectivity index (χ1n) is 10.4. The van der Waals surface area contributed by atoms with E-state index in [1.165, 1.54) is 12.5 Å². The van der Waals surface area contributed by atoms with Crippen LogP contribution in [0.5, 0.6) is 0 Å². The first-order valence-corrected chi connectivity index (χ1v) is 12.1. The van der Waals surface area contributed by atoms with Crippen molar-refractivity contribution in [2.24, 2.45) is 0 Å². The average Bonchev–Trinajstić information content (AvgIpc) is 3.38. The molecule has 10 nitrogen and oxygen atoms in total. The fraction of sp³-hybridized carbons (Fsp3) is 0.130. The highest BCUT2D eigenvalue weighted by Gasteiger charge is 2.21. The van der Waals surface area contributed by atoms with Gasteiger partial charge >= 0.3 is 0 Å². The number of aliphatic hydroxyl groups excluding tert-OH is 1. The number of aliphatic hydroxyl groups is 1. The van der Waals surface area contributed by atoms with Crippen LogP contribution in [0.25, 0.3) is 17.5 Å². The Labute approximate surface area is 195 Å². The summed E-state index contributed by atoms with van der Waals surface area (Å²) in [6.45, 7) is -0.175. The molecule has 5 rings (SSSR count). The third kappa shape index (κ3) is 4.38. The summed E-state index contributed by atoms with van der Waals surface area (Å²) in [5.41, 5.74) is 2.56. The van der Waals surface area contributed by atoms with Crippen molar-refractivity contribution >= 4 is 33.4 Å². The first-order chi connectivity index (χ1) is 16.5.